The Kier molecular flexibility index (Phi) is 5.21. The van der Waals surface area contributed by atoms with Crippen LogP contribution in [0.15, 0.2) is 103 Å². The van der Waals surface area contributed by atoms with Crippen LogP contribution in [0, 0.1) is 0 Å². The molecule has 34 heavy (non-hydrogen) atoms. The van der Waals surface area contributed by atoms with E-state index in [1.807, 2.05) is 0 Å². The molecule has 0 amide bonds. The molecule has 2 heterocycles. The largest absolute Gasteiger partial charge is 0.505 e. The van der Waals surface area contributed by atoms with Gasteiger partial charge in [0.25, 0.3) is 5.56 Å². The van der Waals surface area contributed by atoms with Gasteiger partial charge in [-0.2, -0.15) is 13.2 Å². The highest BCUT2D eigenvalue weighted by atomic mass is 32.2. The van der Waals surface area contributed by atoms with Gasteiger partial charge in [0.1, 0.15) is 10.3 Å². The molecule has 5 aromatic rings. The fourth-order valence-electron chi connectivity index (χ4n) is 3.73. The van der Waals surface area contributed by atoms with E-state index in [4.69, 9.17) is 4.42 Å². The summed E-state index contributed by atoms with van der Waals surface area (Å²) in [6.45, 7) is 0. The molecule has 3 aromatic carbocycles. The van der Waals surface area contributed by atoms with Crippen molar-refractivity contribution >= 4 is 33.6 Å². The van der Waals surface area contributed by atoms with Gasteiger partial charge in [-0.3, -0.25) is 9.36 Å². The van der Waals surface area contributed by atoms with Gasteiger partial charge in [-0.05, 0) is 48.5 Å². The maximum atomic E-state index is 13.5. The van der Waals surface area contributed by atoms with Gasteiger partial charge in [0.05, 0.1) is 11.1 Å². The molecular weight excluding hydrogens is 467 g/mol. The predicted molar refractivity (Wildman–Crippen MR) is 123 cm³/mol. The number of rotatable bonds is 3. The summed E-state index contributed by atoms with van der Waals surface area (Å²) in [5.74, 6) is -0.586. The Labute approximate surface area is 193 Å². The number of alkyl halides is 3. The van der Waals surface area contributed by atoms with E-state index in [2.05, 4.69) is 0 Å². The van der Waals surface area contributed by atoms with Crippen molar-refractivity contribution in [1.29, 1.82) is 0 Å². The quantitative estimate of drug-likeness (QED) is 0.321. The predicted octanol–water partition coefficient (Wildman–Crippen LogP) is 5.97. The summed E-state index contributed by atoms with van der Waals surface area (Å²) in [5.41, 5.74) is -1.38. The summed E-state index contributed by atoms with van der Waals surface area (Å²) < 4.78 is 45.4. The van der Waals surface area contributed by atoms with Gasteiger partial charge < -0.3 is 9.52 Å². The molecule has 170 valence electrons. The maximum absolute atomic E-state index is 13.5. The van der Waals surface area contributed by atoms with Crippen molar-refractivity contribution in [3.05, 3.63) is 105 Å². The maximum Gasteiger partial charge on any atom is 0.416 e. The zero-order valence-electron chi connectivity index (χ0n) is 17.2. The second-order valence-electron chi connectivity index (χ2n) is 7.39. The van der Waals surface area contributed by atoms with Crippen LogP contribution in [0.2, 0.25) is 0 Å². The van der Waals surface area contributed by atoms with Crippen LogP contribution < -0.4 is 11.2 Å². The summed E-state index contributed by atoms with van der Waals surface area (Å²) in [6.07, 6.45) is -4.50. The van der Waals surface area contributed by atoms with Crippen molar-refractivity contribution < 1.29 is 22.7 Å². The van der Waals surface area contributed by atoms with Crippen LogP contribution in [0.4, 0.5) is 13.2 Å². The number of aromatic hydroxyl groups is 1. The average Bonchev–Trinajstić information content (AvgIpc) is 2.82. The SMILES string of the molecule is O=c1oc2c(c(O)c1Sc1ccc(C(F)(F)F)cc1)c(=O)n(-c1ccccc1)c1ccccc21. The number of pyridine rings is 1. The average molecular weight is 481 g/mol. The van der Waals surface area contributed by atoms with E-state index in [9.17, 15) is 27.9 Å². The molecular formula is C25H14F3NO4S. The Morgan fingerprint density at radius 2 is 1.50 bits per heavy atom. The number of hydrogen-bond acceptors (Lipinski definition) is 5. The molecule has 2 aromatic heterocycles. The van der Waals surface area contributed by atoms with Crippen molar-refractivity contribution in [2.24, 2.45) is 0 Å². The van der Waals surface area contributed by atoms with Crippen molar-refractivity contribution in [2.75, 3.05) is 0 Å². The van der Waals surface area contributed by atoms with E-state index in [0.29, 0.717) is 16.6 Å². The van der Waals surface area contributed by atoms with Crippen LogP contribution in [-0.2, 0) is 6.18 Å². The topological polar surface area (TPSA) is 72.4 Å². The number of aromatic nitrogens is 1. The minimum atomic E-state index is -4.50. The summed E-state index contributed by atoms with van der Waals surface area (Å²) >= 11 is 0.719. The Morgan fingerprint density at radius 1 is 0.853 bits per heavy atom. The van der Waals surface area contributed by atoms with Gasteiger partial charge >= 0.3 is 11.8 Å². The lowest BCUT2D eigenvalue weighted by atomic mass is 10.1. The molecule has 5 nitrogen and oxygen atoms in total. The van der Waals surface area contributed by atoms with E-state index >= 15 is 0 Å². The second-order valence-corrected chi connectivity index (χ2v) is 8.47. The standard InChI is InChI=1S/C25H14F3NO4S/c26-25(27,28)14-10-12-16(13-11-14)34-22-20(30)19-21(33-24(22)32)17-8-4-5-9-18(17)29(23(19)31)15-6-2-1-3-7-15/h1-13,30H. The van der Waals surface area contributed by atoms with Crippen LogP contribution in [0.5, 0.6) is 5.75 Å². The zero-order chi connectivity index (χ0) is 24.0. The highest BCUT2D eigenvalue weighted by molar-refractivity contribution is 7.99. The Morgan fingerprint density at radius 3 is 2.18 bits per heavy atom. The van der Waals surface area contributed by atoms with Gasteiger partial charge in [0.15, 0.2) is 11.3 Å². The van der Waals surface area contributed by atoms with Crippen molar-refractivity contribution in [1.82, 2.24) is 4.57 Å². The number of fused-ring (bicyclic) bond motifs is 3. The van der Waals surface area contributed by atoms with Gasteiger partial charge in [-0.1, -0.05) is 42.1 Å². The van der Waals surface area contributed by atoms with E-state index in [1.165, 1.54) is 16.7 Å². The molecule has 0 aliphatic rings. The van der Waals surface area contributed by atoms with Crippen LogP contribution >= 0.6 is 11.8 Å². The normalized spacial score (nSPS) is 11.9. The first-order valence-corrected chi connectivity index (χ1v) is 10.8. The lowest BCUT2D eigenvalue weighted by molar-refractivity contribution is -0.137. The molecule has 9 heteroatoms. The van der Waals surface area contributed by atoms with Crippen LogP contribution in [0.1, 0.15) is 5.56 Å². The Bertz CT molecular complexity index is 1660. The molecule has 0 radical (unpaired) electrons. The van der Waals surface area contributed by atoms with Crippen LogP contribution in [0.25, 0.3) is 27.6 Å². The Balaban J connectivity index is 1.75. The molecule has 0 spiro atoms. The van der Waals surface area contributed by atoms with Crippen molar-refractivity contribution in [3.8, 4) is 11.4 Å². The molecule has 0 saturated carbocycles. The van der Waals surface area contributed by atoms with Gasteiger partial charge in [-0.15, -0.1) is 0 Å². The van der Waals surface area contributed by atoms with Crippen LogP contribution in [0.3, 0.4) is 0 Å². The molecule has 0 atom stereocenters. The fourth-order valence-corrected chi connectivity index (χ4v) is 4.56. The highest BCUT2D eigenvalue weighted by Crippen LogP contribution is 2.38. The first-order valence-electron chi connectivity index (χ1n) is 10.00. The summed E-state index contributed by atoms with van der Waals surface area (Å²) in [5, 5.41) is 11.3. The van der Waals surface area contributed by atoms with Gasteiger partial charge in [-0.25, -0.2) is 4.79 Å². The van der Waals surface area contributed by atoms with Crippen molar-refractivity contribution in [2.45, 2.75) is 16.0 Å². The number of nitrogens with zero attached hydrogens (tertiary/aromatic N) is 1. The third-order valence-corrected chi connectivity index (χ3v) is 6.35. The molecule has 0 bridgehead atoms. The minimum Gasteiger partial charge on any atom is -0.505 e. The molecule has 0 fully saturated rings. The minimum absolute atomic E-state index is 0.0629. The summed E-state index contributed by atoms with van der Waals surface area (Å²) in [4.78, 5) is 26.3. The first-order chi connectivity index (χ1) is 16.3. The molecule has 5 rings (SSSR count). The lowest BCUT2D eigenvalue weighted by Crippen LogP contribution is -2.20. The van der Waals surface area contributed by atoms with Crippen LogP contribution in [-0.4, -0.2) is 9.67 Å². The molecule has 0 unspecified atom stereocenters. The summed E-state index contributed by atoms with van der Waals surface area (Å²) in [7, 11) is 0. The van der Waals surface area contributed by atoms with E-state index in [1.54, 1.807) is 54.6 Å². The fraction of sp³-hybridized carbons (Fsp3) is 0.0400. The molecule has 1 N–H and O–H groups in total. The second kappa shape index (κ2) is 8.11. The van der Waals surface area contributed by atoms with E-state index in [0.717, 1.165) is 23.9 Å². The van der Waals surface area contributed by atoms with Crippen molar-refractivity contribution in [3.63, 3.8) is 0 Å². The smallest absolute Gasteiger partial charge is 0.416 e. The lowest BCUT2D eigenvalue weighted by Gasteiger charge is -2.14. The van der Waals surface area contributed by atoms with Gasteiger partial charge in [0, 0.05) is 16.0 Å². The van der Waals surface area contributed by atoms with E-state index in [-0.39, 0.29) is 20.8 Å². The molecule has 0 aliphatic heterocycles. The monoisotopic (exact) mass is 481 g/mol. The number of hydrogen-bond donors (Lipinski definition) is 1. The summed E-state index contributed by atoms with van der Waals surface area (Å²) in [6, 6.07) is 19.7. The first kappa shape index (κ1) is 21.8. The number of halogens is 3. The number of benzene rings is 3. The third kappa shape index (κ3) is 3.63. The van der Waals surface area contributed by atoms with Gasteiger partial charge in [0.2, 0.25) is 0 Å². The Hall–Kier alpha value is -3.98. The zero-order valence-corrected chi connectivity index (χ0v) is 18.0. The third-order valence-electron chi connectivity index (χ3n) is 5.28. The van der Waals surface area contributed by atoms with E-state index < -0.39 is 28.7 Å². The molecule has 0 saturated heterocycles. The molecule has 0 aliphatic carbocycles. The highest BCUT2D eigenvalue weighted by Gasteiger charge is 2.30. The number of para-hydroxylation sites is 2.